The molecule has 2 rings (SSSR count). The maximum absolute atomic E-state index is 12.3. The molecule has 0 radical (unpaired) electrons. The number of carbonyl (C=O) groups is 1. The molecule has 1 aromatic heterocycles. The van der Waals surface area contributed by atoms with Crippen LogP contribution < -0.4 is 5.32 Å². The molecule has 0 spiro atoms. The van der Waals surface area contributed by atoms with Crippen LogP contribution in [0.2, 0.25) is 0 Å². The fourth-order valence-corrected chi connectivity index (χ4v) is 2.75. The van der Waals surface area contributed by atoms with Crippen molar-refractivity contribution in [3.63, 3.8) is 0 Å². The van der Waals surface area contributed by atoms with Gasteiger partial charge in [0, 0.05) is 38.5 Å². The van der Waals surface area contributed by atoms with Crippen LogP contribution >= 0.6 is 0 Å². The molecule has 19 heavy (non-hydrogen) atoms. The van der Waals surface area contributed by atoms with Gasteiger partial charge < -0.3 is 14.8 Å². The Morgan fingerprint density at radius 3 is 3.05 bits per heavy atom. The van der Waals surface area contributed by atoms with E-state index in [2.05, 4.69) is 15.5 Å². The predicted molar refractivity (Wildman–Crippen MR) is 72.6 cm³/mol. The summed E-state index contributed by atoms with van der Waals surface area (Å²) >= 11 is 0. The number of amides is 1. The van der Waals surface area contributed by atoms with Gasteiger partial charge in [-0.3, -0.25) is 4.79 Å². The van der Waals surface area contributed by atoms with Crippen molar-refractivity contribution in [2.45, 2.75) is 25.7 Å². The maximum Gasteiger partial charge on any atom is 0.226 e. The predicted octanol–water partition coefficient (Wildman–Crippen LogP) is 0.377. The molecule has 1 aromatic rings. The average molecular weight is 265 g/mol. The molecule has 1 fully saturated rings. The first-order valence-corrected chi connectivity index (χ1v) is 6.90. The van der Waals surface area contributed by atoms with Gasteiger partial charge in [0.05, 0.1) is 0 Å². The van der Waals surface area contributed by atoms with Crippen molar-refractivity contribution in [2.75, 3.05) is 26.7 Å². The van der Waals surface area contributed by atoms with Gasteiger partial charge in [-0.15, -0.1) is 10.2 Å². The molecule has 1 aliphatic rings. The summed E-state index contributed by atoms with van der Waals surface area (Å²) in [4.78, 5) is 14.3. The van der Waals surface area contributed by atoms with Gasteiger partial charge in [0.1, 0.15) is 12.2 Å². The van der Waals surface area contributed by atoms with Gasteiger partial charge in [0.15, 0.2) is 0 Å². The molecular formula is C13H23N5O. The molecule has 6 nitrogen and oxygen atoms in total. The van der Waals surface area contributed by atoms with Crippen molar-refractivity contribution >= 4 is 5.91 Å². The Hall–Kier alpha value is -1.43. The molecular weight excluding hydrogens is 242 g/mol. The van der Waals surface area contributed by atoms with E-state index in [9.17, 15) is 4.79 Å². The number of nitrogens with zero attached hydrogens (tertiary/aromatic N) is 4. The Morgan fingerprint density at radius 1 is 1.63 bits per heavy atom. The van der Waals surface area contributed by atoms with Crippen LogP contribution in [0.15, 0.2) is 6.33 Å². The lowest BCUT2D eigenvalue weighted by atomic mass is 9.96. The zero-order valence-electron chi connectivity index (χ0n) is 12.0. The Kier molecular flexibility index (Phi) is 4.52. The highest BCUT2D eigenvalue weighted by Gasteiger charge is 2.29. The van der Waals surface area contributed by atoms with Crippen molar-refractivity contribution < 1.29 is 4.79 Å². The molecule has 2 heterocycles. The lowest BCUT2D eigenvalue weighted by Crippen LogP contribution is -2.44. The smallest absolute Gasteiger partial charge is 0.226 e. The molecule has 2 unspecified atom stereocenters. The first-order chi connectivity index (χ1) is 9.13. The van der Waals surface area contributed by atoms with Crippen molar-refractivity contribution in [1.29, 1.82) is 0 Å². The first kappa shape index (κ1) is 14.0. The van der Waals surface area contributed by atoms with E-state index in [1.807, 2.05) is 30.5 Å². The van der Waals surface area contributed by atoms with E-state index < -0.39 is 0 Å². The molecule has 0 aromatic carbocycles. The monoisotopic (exact) mass is 265 g/mol. The number of nitrogens with one attached hydrogen (secondary N) is 1. The van der Waals surface area contributed by atoms with Crippen LogP contribution in [0.3, 0.4) is 0 Å². The first-order valence-electron chi connectivity index (χ1n) is 6.90. The SMILES string of the molecule is CNCC(C)C(=O)N1CCCC(c2nncn2C)C1. The molecule has 1 saturated heterocycles. The topological polar surface area (TPSA) is 63.1 Å². The molecule has 1 N–H and O–H groups in total. The normalized spacial score (nSPS) is 21.4. The summed E-state index contributed by atoms with van der Waals surface area (Å²) in [5.41, 5.74) is 0. The zero-order valence-corrected chi connectivity index (χ0v) is 12.0. The van der Waals surface area contributed by atoms with Crippen LogP contribution in [0.5, 0.6) is 0 Å². The lowest BCUT2D eigenvalue weighted by Gasteiger charge is -2.33. The van der Waals surface area contributed by atoms with Gasteiger partial charge in [-0.1, -0.05) is 6.92 Å². The van der Waals surface area contributed by atoms with Gasteiger partial charge in [0.2, 0.25) is 5.91 Å². The summed E-state index contributed by atoms with van der Waals surface area (Å²) in [6.45, 7) is 4.33. The average Bonchev–Trinajstić information content (AvgIpc) is 2.84. The third-order valence-corrected chi connectivity index (χ3v) is 3.78. The zero-order chi connectivity index (χ0) is 13.8. The number of likely N-dealkylation sites (tertiary alicyclic amines) is 1. The highest BCUT2D eigenvalue weighted by atomic mass is 16.2. The van der Waals surface area contributed by atoms with Crippen molar-refractivity contribution in [1.82, 2.24) is 25.0 Å². The van der Waals surface area contributed by atoms with Crippen molar-refractivity contribution in [2.24, 2.45) is 13.0 Å². The second-order valence-corrected chi connectivity index (χ2v) is 5.38. The third kappa shape index (κ3) is 3.12. The number of piperidine rings is 1. The minimum Gasteiger partial charge on any atom is -0.342 e. The van der Waals surface area contributed by atoms with Crippen molar-refractivity contribution in [3.05, 3.63) is 12.2 Å². The molecule has 2 atom stereocenters. The van der Waals surface area contributed by atoms with E-state index in [1.54, 1.807) is 6.33 Å². The molecule has 0 saturated carbocycles. The van der Waals surface area contributed by atoms with Crippen LogP contribution in [-0.4, -0.2) is 52.3 Å². The highest BCUT2D eigenvalue weighted by Crippen LogP contribution is 2.25. The van der Waals surface area contributed by atoms with Crippen LogP contribution in [0.1, 0.15) is 31.5 Å². The van der Waals surface area contributed by atoms with Crippen LogP contribution in [-0.2, 0) is 11.8 Å². The van der Waals surface area contributed by atoms with Gasteiger partial charge in [-0.2, -0.15) is 0 Å². The number of rotatable bonds is 4. The number of aryl methyl sites for hydroxylation is 1. The highest BCUT2D eigenvalue weighted by molar-refractivity contribution is 5.78. The summed E-state index contributed by atoms with van der Waals surface area (Å²) < 4.78 is 1.95. The van der Waals surface area contributed by atoms with E-state index in [4.69, 9.17) is 0 Å². The largest absolute Gasteiger partial charge is 0.342 e. The summed E-state index contributed by atoms with van der Waals surface area (Å²) in [5, 5.41) is 11.2. The van der Waals surface area contributed by atoms with Gasteiger partial charge in [-0.05, 0) is 19.9 Å². The van der Waals surface area contributed by atoms with E-state index in [1.165, 1.54) is 0 Å². The maximum atomic E-state index is 12.3. The Morgan fingerprint density at radius 2 is 2.42 bits per heavy atom. The van der Waals surface area contributed by atoms with E-state index in [-0.39, 0.29) is 11.8 Å². The summed E-state index contributed by atoms with van der Waals surface area (Å²) in [7, 11) is 3.84. The molecule has 0 bridgehead atoms. The number of hydrogen-bond acceptors (Lipinski definition) is 4. The Labute approximate surface area is 114 Å². The Bertz CT molecular complexity index is 430. The number of carbonyl (C=O) groups excluding carboxylic acids is 1. The van der Waals surface area contributed by atoms with Crippen LogP contribution in [0.25, 0.3) is 0 Å². The summed E-state index contributed by atoms with van der Waals surface area (Å²) in [6.07, 6.45) is 3.84. The van der Waals surface area contributed by atoms with Gasteiger partial charge in [-0.25, -0.2) is 0 Å². The van der Waals surface area contributed by atoms with E-state index in [0.717, 1.165) is 38.3 Å². The minimum atomic E-state index is 0.0308. The third-order valence-electron chi connectivity index (χ3n) is 3.78. The molecule has 0 aliphatic carbocycles. The number of hydrogen-bond donors (Lipinski definition) is 1. The second kappa shape index (κ2) is 6.14. The standard InChI is InChI=1S/C13H23N5O/c1-10(7-14-2)13(19)18-6-4-5-11(8-18)12-16-15-9-17(12)3/h9-11,14H,4-8H2,1-3H3. The van der Waals surface area contributed by atoms with Gasteiger partial charge in [0.25, 0.3) is 0 Å². The fraction of sp³-hybridized carbons (Fsp3) is 0.769. The molecule has 6 heteroatoms. The lowest BCUT2D eigenvalue weighted by molar-refractivity contribution is -0.136. The van der Waals surface area contributed by atoms with Crippen LogP contribution in [0.4, 0.5) is 0 Å². The molecule has 1 amide bonds. The van der Waals surface area contributed by atoms with Crippen LogP contribution in [0, 0.1) is 5.92 Å². The molecule has 106 valence electrons. The fourth-order valence-electron chi connectivity index (χ4n) is 2.75. The Balaban J connectivity index is 2.01. The summed E-state index contributed by atoms with van der Waals surface area (Å²) in [6, 6.07) is 0. The van der Waals surface area contributed by atoms with E-state index >= 15 is 0 Å². The van der Waals surface area contributed by atoms with Gasteiger partial charge >= 0.3 is 0 Å². The summed E-state index contributed by atoms with van der Waals surface area (Å²) in [5.74, 6) is 1.57. The minimum absolute atomic E-state index is 0.0308. The van der Waals surface area contributed by atoms with E-state index in [0.29, 0.717) is 5.92 Å². The number of aromatic nitrogens is 3. The quantitative estimate of drug-likeness (QED) is 0.854. The second-order valence-electron chi connectivity index (χ2n) is 5.38. The van der Waals surface area contributed by atoms with Crippen molar-refractivity contribution in [3.8, 4) is 0 Å². The molecule has 1 aliphatic heterocycles.